The molecule has 150 valence electrons. The van der Waals surface area contributed by atoms with Crippen LogP contribution in [0.3, 0.4) is 0 Å². The van der Waals surface area contributed by atoms with Gasteiger partial charge >= 0.3 is 0 Å². The average Bonchev–Trinajstić information content (AvgIpc) is 2.96. The molecule has 0 bridgehead atoms. The van der Waals surface area contributed by atoms with Crippen LogP contribution in [0.25, 0.3) is 0 Å². The van der Waals surface area contributed by atoms with Crippen molar-refractivity contribution in [3.8, 4) is 11.5 Å². The van der Waals surface area contributed by atoms with Crippen molar-refractivity contribution < 1.29 is 23.9 Å². The number of nitrogens with zero attached hydrogens (tertiary/aromatic N) is 1. The number of ether oxygens (including phenoxy) is 2. The second kappa shape index (κ2) is 7.58. The van der Waals surface area contributed by atoms with Gasteiger partial charge in [-0.1, -0.05) is 26.0 Å². The average molecular weight is 394 g/mol. The summed E-state index contributed by atoms with van der Waals surface area (Å²) in [6, 6.07) is 10.8. The van der Waals surface area contributed by atoms with E-state index in [2.05, 4.69) is 5.32 Å². The summed E-state index contributed by atoms with van der Waals surface area (Å²) in [6.07, 6.45) is 0.363. The van der Waals surface area contributed by atoms with E-state index in [-0.39, 0.29) is 5.92 Å². The van der Waals surface area contributed by atoms with Gasteiger partial charge in [0, 0.05) is 11.8 Å². The Morgan fingerprint density at radius 1 is 1.00 bits per heavy atom. The summed E-state index contributed by atoms with van der Waals surface area (Å²) in [5.74, 6) is -0.00845. The molecular formula is C22H22N2O5. The molecule has 2 aliphatic heterocycles. The number of carbonyl (C=O) groups excluding carboxylic acids is 3. The third-order valence-corrected chi connectivity index (χ3v) is 4.94. The van der Waals surface area contributed by atoms with Gasteiger partial charge in [-0.3, -0.25) is 19.3 Å². The number of hydrogen-bond donors (Lipinski definition) is 1. The van der Waals surface area contributed by atoms with Crippen molar-refractivity contribution in [2.24, 2.45) is 5.92 Å². The third kappa shape index (κ3) is 3.55. The van der Waals surface area contributed by atoms with Crippen LogP contribution in [0.4, 0.5) is 5.69 Å². The maximum Gasteiger partial charge on any atom is 0.262 e. The first-order valence-corrected chi connectivity index (χ1v) is 9.63. The predicted octanol–water partition coefficient (Wildman–Crippen LogP) is 3.11. The van der Waals surface area contributed by atoms with E-state index in [1.807, 2.05) is 13.8 Å². The monoisotopic (exact) mass is 394 g/mol. The van der Waals surface area contributed by atoms with Gasteiger partial charge in [0.05, 0.1) is 11.1 Å². The zero-order valence-corrected chi connectivity index (χ0v) is 16.3. The lowest BCUT2D eigenvalue weighted by atomic mass is 10.0. The molecule has 0 unspecified atom stereocenters. The summed E-state index contributed by atoms with van der Waals surface area (Å²) in [4.78, 5) is 39.9. The zero-order valence-electron chi connectivity index (χ0n) is 16.3. The van der Waals surface area contributed by atoms with Crippen LogP contribution in [-0.4, -0.2) is 41.9 Å². The SMILES string of the molecule is CC(C)C[C@H](C(=O)Nc1ccc2c(c1)OCCO2)N1C(=O)c2ccccc2C1=O. The lowest BCUT2D eigenvalue weighted by Crippen LogP contribution is -2.47. The zero-order chi connectivity index (χ0) is 20.5. The quantitative estimate of drug-likeness (QED) is 0.788. The van der Waals surface area contributed by atoms with Crippen LogP contribution in [0.5, 0.6) is 11.5 Å². The van der Waals surface area contributed by atoms with Gasteiger partial charge in [-0.15, -0.1) is 0 Å². The molecule has 0 fully saturated rings. The number of anilines is 1. The van der Waals surface area contributed by atoms with E-state index in [0.717, 1.165) is 4.90 Å². The lowest BCUT2D eigenvalue weighted by molar-refractivity contribution is -0.120. The third-order valence-electron chi connectivity index (χ3n) is 4.94. The van der Waals surface area contributed by atoms with Gasteiger partial charge in [-0.2, -0.15) is 0 Å². The summed E-state index contributed by atoms with van der Waals surface area (Å²) in [7, 11) is 0. The number of fused-ring (bicyclic) bond motifs is 2. The predicted molar refractivity (Wildman–Crippen MR) is 106 cm³/mol. The van der Waals surface area contributed by atoms with E-state index in [9.17, 15) is 14.4 Å². The Hall–Kier alpha value is -3.35. The van der Waals surface area contributed by atoms with E-state index in [4.69, 9.17) is 9.47 Å². The van der Waals surface area contributed by atoms with Crippen LogP contribution in [0.2, 0.25) is 0 Å². The Morgan fingerprint density at radius 2 is 1.62 bits per heavy atom. The fraction of sp³-hybridized carbons (Fsp3) is 0.318. The second-order valence-electron chi connectivity index (χ2n) is 7.52. The lowest BCUT2D eigenvalue weighted by Gasteiger charge is -2.27. The summed E-state index contributed by atoms with van der Waals surface area (Å²) in [6.45, 7) is 4.81. The van der Waals surface area contributed by atoms with Crippen molar-refractivity contribution in [3.63, 3.8) is 0 Å². The Kier molecular flexibility index (Phi) is 4.96. The normalized spacial score (nSPS) is 16.0. The Morgan fingerprint density at radius 3 is 2.24 bits per heavy atom. The number of hydrogen-bond acceptors (Lipinski definition) is 5. The summed E-state index contributed by atoms with van der Waals surface area (Å²) in [5, 5.41) is 2.82. The fourth-order valence-corrected chi connectivity index (χ4v) is 3.61. The van der Waals surface area contributed by atoms with Gasteiger partial charge in [0.25, 0.3) is 11.8 Å². The molecule has 2 aromatic carbocycles. The highest BCUT2D eigenvalue weighted by Gasteiger charge is 2.42. The molecule has 0 saturated heterocycles. The Bertz CT molecular complexity index is 950. The van der Waals surface area contributed by atoms with Gasteiger partial charge in [0.2, 0.25) is 5.91 Å². The van der Waals surface area contributed by atoms with Crippen LogP contribution >= 0.6 is 0 Å². The minimum absolute atomic E-state index is 0.107. The van der Waals surface area contributed by atoms with Crippen molar-refractivity contribution in [2.75, 3.05) is 18.5 Å². The molecule has 0 aliphatic carbocycles. The van der Waals surface area contributed by atoms with E-state index in [1.165, 1.54) is 0 Å². The van der Waals surface area contributed by atoms with Crippen molar-refractivity contribution in [2.45, 2.75) is 26.3 Å². The highest BCUT2D eigenvalue weighted by atomic mass is 16.6. The molecule has 3 amide bonds. The van der Waals surface area contributed by atoms with Crippen LogP contribution in [0.1, 0.15) is 41.0 Å². The molecule has 2 heterocycles. The maximum atomic E-state index is 13.1. The van der Waals surface area contributed by atoms with Gasteiger partial charge in [0.15, 0.2) is 11.5 Å². The van der Waals surface area contributed by atoms with Crippen LogP contribution in [-0.2, 0) is 4.79 Å². The molecule has 7 heteroatoms. The highest BCUT2D eigenvalue weighted by molar-refractivity contribution is 6.23. The fourth-order valence-electron chi connectivity index (χ4n) is 3.61. The highest BCUT2D eigenvalue weighted by Crippen LogP contribution is 2.33. The molecule has 4 rings (SSSR count). The van der Waals surface area contributed by atoms with Gasteiger partial charge in [0.1, 0.15) is 19.3 Å². The van der Waals surface area contributed by atoms with Crippen LogP contribution in [0.15, 0.2) is 42.5 Å². The van der Waals surface area contributed by atoms with E-state index >= 15 is 0 Å². The van der Waals surface area contributed by atoms with Crippen molar-refractivity contribution >= 4 is 23.4 Å². The minimum atomic E-state index is -0.907. The first-order valence-electron chi connectivity index (χ1n) is 9.63. The van der Waals surface area contributed by atoms with E-state index in [1.54, 1.807) is 42.5 Å². The minimum Gasteiger partial charge on any atom is -0.486 e. The van der Waals surface area contributed by atoms with E-state index in [0.29, 0.717) is 47.9 Å². The number of nitrogens with one attached hydrogen (secondary N) is 1. The van der Waals surface area contributed by atoms with E-state index < -0.39 is 23.8 Å². The van der Waals surface area contributed by atoms with Gasteiger partial charge in [-0.05, 0) is 36.6 Å². The number of imide groups is 1. The standard InChI is InChI=1S/C22H22N2O5/c1-13(2)11-17(24-21(26)15-5-3-4-6-16(15)22(24)27)20(25)23-14-7-8-18-19(12-14)29-10-9-28-18/h3-8,12-13,17H,9-11H2,1-2H3,(H,23,25)/t17-/m1/s1. The van der Waals surface area contributed by atoms with Crippen LogP contribution in [0, 0.1) is 5.92 Å². The first-order chi connectivity index (χ1) is 14.0. The number of rotatable bonds is 5. The maximum absolute atomic E-state index is 13.1. The largest absolute Gasteiger partial charge is 0.486 e. The molecule has 2 aliphatic rings. The smallest absolute Gasteiger partial charge is 0.262 e. The second-order valence-corrected chi connectivity index (χ2v) is 7.52. The van der Waals surface area contributed by atoms with Gasteiger partial charge in [-0.25, -0.2) is 0 Å². The molecule has 1 N–H and O–H groups in total. The number of benzene rings is 2. The first kappa shape index (κ1) is 19.0. The topological polar surface area (TPSA) is 84.9 Å². The summed E-state index contributed by atoms with van der Waals surface area (Å²) < 4.78 is 11.0. The van der Waals surface area contributed by atoms with Crippen LogP contribution < -0.4 is 14.8 Å². The summed E-state index contributed by atoms with van der Waals surface area (Å²) in [5.41, 5.74) is 1.18. The molecule has 29 heavy (non-hydrogen) atoms. The molecule has 0 saturated carbocycles. The van der Waals surface area contributed by atoms with Crippen molar-refractivity contribution in [1.29, 1.82) is 0 Å². The van der Waals surface area contributed by atoms with Gasteiger partial charge < -0.3 is 14.8 Å². The molecule has 7 nitrogen and oxygen atoms in total. The molecule has 0 aromatic heterocycles. The summed E-state index contributed by atoms with van der Waals surface area (Å²) >= 11 is 0. The van der Waals surface area contributed by atoms with Crippen molar-refractivity contribution in [3.05, 3.63) is 53.6 Å². The molecular weight excluding hydrogens is 372 g/mol. The number of amides is 3. The molecule has 2 aromatic rings. The number of carbonyl (C=O) groups is 3. The Labute approximate surface area is 168 Å². The Balaban J connectivity index is 1.60. The van der Waals surface area contributed by atoms with Crippen molar-refractivity contribution in [1.82, 2.24) is 4.90 Å². The molecule has 1 atom stereocenters. The molecule has 0 radical (unpaired) electrons. The molecule has 0 spiro atoms.